The zero-order valence-electron chi connectivity index (χ0n) is 16.0. The molecule has 29 heavy (non-hydrogen) atoms. The number of nitrogens with zero attached hydrogens (tertiary/aromatic N) is 2. The summed E-state index contributed by atoms with van der Waals surface area (Å²) in [6.07, 6.45) is 6.97. The first kappa shape index (κ1) is 18.8. The molecule has 0 aliphatic rings. The van der Waals surface area contributed by atoms with E-state index in [-0.39, 0.29) is 5.91 Å². The summed E-state index contributed by atoms with van der Waals surface area (Å²) in [7, 11) is 0. The topological polar surface area (TPSA) is 66.9 Å². The van der Waals surface area contributed by atoms with Crippen LogP contribution < -0.4 is 10.6 Å². The number of hydrogen-bond acceptors (Lipinski definition) is 4. The fourth-order valence-electron chi connectivity index (χ4n) is 3.36. The molecule has 2 N–H and O–H groups in total. The molecule has 4 rings (SSSR count). The van der Waals surface area contributed by atoms with Crippen LogP contribution in [0.3, 0.4) is 0 Å². The van der Waals surface area contributed by atoms with E-state index in [9.17, 15) is 4.79 Å². The predicted molar refractivity (Wildman–Crippen MR) is 114 cm³/mol. The highest BCUT2D eigenvalue weighted by molar-refractivity contribution is 5.92. The van der Waals surface area contributed by atoms with Gasteiger partial charge in [0.25, 0.3) is 0 Å². The normalized spacial score (nSPS) is 11.9. The SMILES string of the molecule is O=C(NCc1ccncc1)C(NCc1ccncc1)c1cccc2ccccc12. The molecule has 4 aromatic rings. The molecule has 1 atom stereocenters. The zero-order chi connectivity index (χ0) is 19.9. The van der Waals surface area contributed by atoms with Crippen LogP contribution in [-0.4, -0.2) is 15.9 Å². The maximum absolute atomic E-state index is 13.2. The molecule has 0 aliphatic carbocycles. The molecule has 0 aliphatic heterocycles. The molecule has 0 saturated heterocycles. The van der Waals surface area contributed by atoms with Crippen molar-refractivity contribution in [1.29, 1.82) is 0 Å². The molecule has 2 aromatic carbocycles. The van der Waals surface area contributed by atoms with Gasteiger partial charge in [0.05, 0.1) is 0 Å². The zero-order valence-corrected chi connectivity index (χ0v) is 16.0. The minimum atomic E-state index is -0.476. The summed E-state index contributed by atoms with van der Waals surface area (Å²) in [6.45, 7) is 1.03. The Hall–Kier alpha value is -3.57. The van der Waals surface area contributed by atoms with Gasteiger partial charge in [0, 0.05) is 37.9 Å². The predicted octanol–water partition coefficient (Wildman–Crippen LogP) is 3.78. The van der Waals surface area contributed by atoms with Gasteiger partial charge in [-0.25, -0.2) is 0 Å². The number of benzene rings is 2. The molecule has 5 heteroatoms. The molecule has 0 bridgehead atoms. The van der Waals surface area contributed by atoms with E-state index >= 15 is 0 Å². The lowest BCUT2D eigenvalue weighted by Crippen LogP contribution is -2.37. The van der Waals surface area contributed by atoms with Crippen LogP contribution in [0.5, 0.6) is 0 Å². The molecule has 1 amide bonds. The number of nitrogens with one attached hydrogen (secondary N) is 2. The van der Waals surface area contributed by atoms with Gasteiger partial charge >= 0.3 is 0 Å². The molecule has 144 valence electrons. The minimum absolute atomic E-state index is 0.0628. The first-order valence-corrected chi connectivity index (χ1v) is 9.58. The summed E-state index contributed by atoms with van der Waals surface area (Å²) in [5, 5.41) is 8.67. The molecular weight excluding hydrogens is 360 g/mol. The van der Waals surface area contributed by atoms with Crippen LogP contribution in [0.15, 0.2) is 91.5 Å². The van der Waals surface area contributed by atoms with Gasteiger partial charge < -0.3 is 5.32 Å². The van der Waals surface area contributed by atoms with E-state index in [1.54, 1.807) is 24.8 Å². The van der Waals surface area contributed by atoms with E-state index < -0.39 is 6.04 Å². The second kappa shape index (κ2) is 9.08. The lowest BCUT2D eigenvalue weighted by molar-refractivity contribution is -0.123. The standard InChI is InChI=1S/C24H22N4O/c29-24(28-17-19-10-14-26-15-11-19)23(27-16-18-8-12-25-13-9-18)22-7-3-5-20-4-1-2-6-21(20)22/h1-15,23,27H,16-17H2,(H,28,29). The van der Waals surface area contributed by atoms with Crippen LogP contribution in [-0.2, 0) is 17.9 Å². The molecule has 2 heterocycles. The number of amides is 1. The van der Waals surface area contributed by atoms with E-state index in [0.717, 1.165) is 27.5 Å². The molecular formula is C24H22N4O. The largest absolute Gasteiger partial charge is 0.350 e. The number of fused-ring (bicyclic) bond motifs is 1. The Balaban J connectivity index is 1.60. The number of hydrogen-bond donors (Lipinski definition) is 2. The van der Waals surface area contributed by atoms with E-state index in [4.69, 9.17) is 0 Å². The minimum Gasteiger partial charge on any atom is -0.350 e. The van der Waals surface area contributed by atoms with Crippen molar-refractivity contribution in [2.75, 3.05) is 0 Å². The number of pyridine rings is 2. The molecule has 1 unspecified atom stereocenters. The highest BCUT2D eigenvalue weighted by atomic mass is 16.2. The van der Waals surface area contributed by atoms with Crippen LogP contribution in [0.2, 0.25) is 0 Å². The van der Waals surface area contributed by atoms with E-state index in [1.165, 1.54) is 0 Å². The second-order valence-electron chi connectivity index (χ2n) is 6.81. The van der Waals surface area contributed by atoms with Crippen molar-refractivity contribution in [2.24, 2.45) is 0 Å². The summed E-state index contributed by atoms with van der Waals surface area (Å²) in [5.74, 6) is -0.0628. The molecule has 2 aromatic heterocycles. The maximum atomic E-state index is 13.2. The molecule has 0 saturated carbocycles. The average molecular weight is 382 g/mol. The van der Waals surface area contributed by atoms with Crippen molar-refractivity contribution in [3.8, 4) is 0 Å². The number of rotatable bonds is 7. The Morgan fingerprint density at radius 1 is 0.759 bits per heavy atom. The van der Waals surface area contributed by atoms with Crippen molar-refractivity contribution in [2.45, 2.75) is 19.1 Å². The fraction of sp³-hybridized carbons (Fsp3) is 0.125. The van der Waals surface area contributed by atoms with Gasteiger partial charge in [0.2, 0.25) is 5.91 Å². The van der Waals surface area contributed by atoms with Gasteiger partial charge in [-0.2, -0.15) is 0 Å². The number of carbonyl (C=O) groups is 1. The summed E-state index contributed by atoms with van der Waals surface area (Å²) in [6, 6.07) is 21.4. The van der Waals surface area contributed by atoms with Crippen molar-refractivity contribution in [3.63, 3.8) is 0 Å². The van der Waals surface area contributed by atoms with Crippen LogP contribution in [0.1, 0.15) is 22.7 Å². The Labute approximate surface area is 169 Å². The third kappa shape index (κ3) is 4.65. The number of carbonyl (C=O) groups excluding carboxylic acids is 1. The van der Waals surface area contributed by atoms with Gasteiger partial charge in [-0.15, -0.1) is 0 Å². The summed E-state index contributed by atoms with van der Waals surface area (Å²) >= 11 is 0. The maximum Gasteiger partial charge on any atom is 0.242 e. The molecule has 5 nitrogen and oxygen atoms in total. The lowest BCUT2D eigenvalue weighted by Gasteiger charge is -2.21. The average Bonchev–Trinajstić information content (AvgIpc) is 2.79. The Kier molecular flexibility index (Phi) is 5.88. The fourth-order valence-corrected chi connectivity index (χ4v) is 3.36. The van der Waals surface area contributed by atoms with E-state index in [0.29, 0.717) is 13.1 Å². The van der Waals surface area contributed by atoms with Crippen LogP contribution >= 0.6 is 0 Å². The monoisotopic (exact) mass is 382 g/mol. The van der Waals surface area contributed by atoms with Gasteiger partial charge in [-0.1, -0.05) is 42.5 Å². The Bertz CT molecular complexity index is 1080. The highest BCUT2D eigenvalue weighted by Gasteiger charge is 2.22. The van der Waals surface area contributed by atoms with Crippen molar-refractivity contribution in [1.82, 2.24) is 20.6 Å². The van der Waals surface area contributed by atoms with Crippen LogP contribution in [0.4, 0.5) is 0 Å². The summed E-state index contributed by atoms with van der Waals surface area (Å²) < 4.78 is 0. The van der Waals surface area contributed by atoms with Gasteiger partial charge in [0.1, 0.15) is 6.04 Å². The smallest absolute Gasteiger partial charge is 0.242 e. The Morgan fingerprint density at radius 2 is 1.38 bits per heavy atom. The first-order chi connectivity index (χ1) is 14.3. The third-order valence-electron chi connectivity index (χ3n) is 4.87. The van der Waals surface area contributed by atoms with Gasteiger partial charge in [-0.05, 0) is 51.7 Å². The molecule has 0 spiro atoms. The lowest BCUT2D eigenvalue weighted by atomic mass is 9.97. The quantitative estimate of drug-likeness (QED) is 0.511. The summed E-state index contributed by atoms with van der Waals surface area (Å²) in [4.78, 5) is 21.3. The van der Waals surface area contributed by atoms with Crippen LogP contribution in [0.25, 0.3) is 10.8 Å². The third-order valence-corrected chi connectivity index (χ3v) is 4.87. The highest BCUT2D eigenvalue weighted by Crippen LogP contribution is 2.25. The van der Waals surface area contributed by atoms with Gasteiger partial charge in [-0.3, -0.25) is 20.1 Å². The van der Waals surface area contributed by atoms with Gasteiger partial charge in [0.15, 0.2) is 0 Å². The van der Waals surface area contributed by atoms with Crippen molar-refractivity contribution >= 4 is 16.7 Å². The first-order valence-electron chi connectivity index (χ1n) is 9.58. The van der Waals surface area contributed by atoms with Crippen molar-refractivity contribution < 1.29 is 4.79 Å². The van der Waals surface area contributed by atoms with E-state index in [2.05, 4.69) is 38.8 Å². The number of aromatic nitrogens is 2. The summed E-state index contributed by atoms with van der Waals surface area (Å²) in [5.41, 5.74) is 3.05. The molecule has 0 fully saturated rings. The Morgan fingerprint density at radius 3 is 2.10 bits per heavy atom. The second-order valence-corrected chi connectivity index (χ2v) is 6.81. The van der Waals surface area contributed by atoms with E-state index in [1.807, 2.05) is 48.5 Å². The molecule has 0 radical (unpaired) electrons. The van der Waals surface area contributed by atoms with Crippen LogP contribution in [0, 0.1) is 0 Å². The van der Waals surface area contributed by atoms with Crippen molar-refractivity contribution in [3.05, 3.63) is 108 Å².